The predicted octanol–water partition coefficient (Wildman–Crippen LogP) is 1.82. The number of carbonyl (C=O) groups is 2. The zero-order chi connectivity index (χ0) is 11.1. The molecule has 0 aliphatic carbocycles. The number of hydrogen-bond donors (Lipinski definition) is 0. The second-order valence-electron chi connectivity index (χ2n) is 2.98. The Morgan fingerprint density at radius 1 is 1.53 bits per heavy atom. The lowest BCUT2D eigenvalue weighted by molar-refractivity contribution is -0.144. The first-order chi connectivity index (χ1) is 7.18. The van der Waals surface area contributed by atoms with Gasteiger partial charge in [-0.2, -0.15) is 0 Å². The molecule has 1 rings (SSSR count). The molecule has 0 unspecified atom stereocenters. The van der Waals surface area contributed by atoms with E-state index in [1.807, 2.05) is 0 Å². The summed E-state index contributed by atoms with van der Waals surface area (Å²) in [5, 5.41) is 0. The molecule has 4 heteroatoms. The maximum atomic E-state index is 10.9. The van der Waals surface area contributed by atoms with Crippen molar-refractivity contribution < 1.29 is 18.7 Å². The number of rotatable bonds is 5. The van der Waals surface area contributed by atoms with Gasteiger partial charge < -0.3 is 9.15 Å². The molecule has 4 nitrogen and oxygen atoms in total. The van der Waals surface area contributed by atoms with E-state index in [9.17, 15) is 9.59 Å². The summed E-state index contributed by atoms with van der Waals surface area (Å²) in [6.45, 7) is 1.49. The number of ketones is 1. The average Bonchev–Trinajstić information content (AvgIpc) is 2.63. The van der Waals surface area contributed by atoms with E-state index in [2.05, 4.69) is 0 Å². The minimum absolute atomic E-state index is 0.146. The average molecular weight is 208 g/mol. The van der Waals surface area contributed by atoms with Crippen molar-refractivity contribution in [2.45, 2.75) is 13.3 Å². The van der Waals surface area contributed by atoms with Crippen LogP contribution in [0.2, 0.25) is 0 Å². The van der Waals surface area contributed by atoms with Crippen LogP contribution in [0.15, 0.2) is 28.9 Å². The summed E-state index contributed by atoms with van der Waals surface area (Å²) in [6.07, 6.45) is 4.73. The molecule has 0 spiro atoms. The zero-order valence-electron chi connectivity index (χ0n) is 8.43. The van der Waals surface area contributed by atoms with Gasteiger partial charge in [-0.25, -0.2) is 0 Å². The molecule has 0 saturated heterocycles. The Hall–Kier alpha value is -1.84. The smallest absolute Gasteiger partial charge is 0.313 e. The molecule has 1 aromatic rings. The number of esters is 1. The van der Waals surface area contributed by atoms with Gasteiger partial charge in [0.25, 0.3) is 0 Å². The Bertz CT molecular complexity index is 349. The van der Waals surface area contributed by atoms with E-state index in [-0.39, 0.29) is 18.8 Å². The van der Waals surface area contributed by atoms with Gasteiger partial charge in [0.2, 0.25) is 0 Å². The lowest BCUT2D eigenvalue weighted by Crippen LogP contribution is -2.08. The highest BCUT2D eigenvalue weighted by atomic mass is 16.5. The Morgan fingerprint density at radius 3 is 2.93 bits per heavy atom. The summed E-state index contributed by atoms with van der Waals surface area (Å²) in [5.74, 6) is -0.0146. The number of hydrogen-bond acceptors (Lipinski definition) is 4. The summed E-state index contributed by atoms with van der Waals surface area (Å²) in [4.78, 5) is 21.5. The van der Waals surface area contributed by atoms with E-state index in [0.29, 0.717) is 5.76 Å². The maximum Gasteiger partial charge on any atom is 0.313 e. The standard InChI is InChI=1S/C11H12O4/c1-9(12)8-11(13)15-7-3-5-10-4-2-6-14-10/h2-6H,7-8H2,1H3/b5-3+. The summed E-state index contributed by atoms with van der Waals surface area (Å²) < 4.78 is 9.79. The van der Waals surface area contributed by atoms with Gasteiger partial charge in [0.1, 0.15) is 24.6 Å². The fourth-order valence-electron chi connectivity index (χ4n) is 0.946. The molecule has 0 aromatic carbocycles. The molecule has 80 valence electrons. The molecule has 1 heterocycles. The molecular weight excluding hydrogens is 196 g/mol. The molecule has 0 saturated carbocycles. The fraction of sp³-hybridized carbons (Fsp3) is 0.273. The van der Waals surface area contributed by atoms with Crippen LogP contribution in [0.1, 0.15) is 19.1 Å². The minimum atomic E-state index is -0.508. The Labute approximate surface area is 87.5 Å². The van der Waals surface area contributed by atoms with Gasteiger partial charge in [0.15, 0.2) is 0 Å². The molecule has 0 radical (unpaired) electrons. The van der Waals surface area contributed by atoms with Crippen molar-refractivity contribution in [2.24, 2.45) is 0 Å². The van der Waals surface area contributed by atoms with E-state index in [4.69, 9.17) is 9.15 Å². The van der Waals surface area contributed by atoms with Crippen molar-refractivity contribution in [1.82, 2.24) is 0 Å². The SMILES string of the molecule is CC(=O)CC(=O)OC/C=C/c1ccco1. The summed E-state index contributed by atoms with van der Waals surface area (Å²) >= 11 is 0. The van der Waals surface area contributed by atoms with E-state index >= 15 is 0 Å². The van der Waals surface area contributed by atoms with Crippen molar-refractivity contribution in [2.75, 3.05) is 6.61 Å². The van der Waals surface area contributed by atoms with E-state index < -0.39 is 5.97 Å². The second-order valence-corrected chi connectivity index (χ2v) is 2.98. The molecule has 0 amide bonds. The fourth-order valence-corrected chi connectivity index (χ4v) is 0.946. The van der Waals surface area contributed by atoms with E-state index in [1.165, 1.54) is 6.92 Å². The Morgan fingerprint density at radius 2 is 2.33 bits per heavy atom. The highest BCUT2D eigenvalue weighted by Gasteiger charge is 2.04. The first-order valence-corrected chi connectivity index (χ1v) is 4.53. The van der Waals surface area contributed by atoms with Gasteiger partial charge >= 0.3 is 5.97 Å². The van der Waals surface area contributed by atoms with Crippen molar-refractivity contribution in [3.8, 4) is 0 Å². The predicted molar refractivity (Wildman–Crippen MR) is 54.0 cm³/mol. The molecule has 0 aliphatic heterocycles. The van der Waals surface area contributed by atoms with Gasteiger partial charge in [-0.1, -0.05) is 0 Å². The molecule has 0 bridgehead atoms. The van der Waals surface area contributed by atoms with Crippen LogP contribution in [0.4, 0.5) is 0 Å². The molecule has 0 N–H and O–H groups in total. The Balaban J connectivity index is 2.21. The van der Waals surface area contributed by atoms with Crippen molar-refractivity contribution >= 4 is 17.8 Å². The third-order valence-electron chi connectivity index (χ3n) is 1.56. The largest absolute Gasteiger partial charge is 0.465 e. The lowest BCUT2D eigenvalue weighted by atomic mass is 10.3. The molecule has 0 aliphatic rings. The summed E-state index contributed by atoms with van der Waals surface area (Å²) in [7, 11) is 0. The van der Waals surface area contributed by atoms with E-state index in [1.54, 1.807) is 30.5 Å². The number of furan rings is 1. The van der Waals surface area contributed by atoms with Gasteiger partial charge in [-0.3, -0.25) is 9.59 Å². The highest BCUT2D eigenvalue weighted by Crippen LogP contribution is 2.01. The van der Waals surface area contributed by atoms with Crippen LogP contribution >= 0.6 is 0 Å². The molecule has 0 fully saturated rings. The van der Waals surface area contributed by atoms with Gasteiger partial charge in [0.05, 0.1) is 6.26 Å². The molecule has 15 heavy (non-hydrogen) atoms. The number of ether oxygens (including phenoxy) is 1. The molecular formula is C11H12O4. The Kier molecular flexibility index (Phi) is 4.34. The van der Waals surface area contributed by atoms with Crippen LogP contribution < -0.4 is 0 Å². The quantitative estimate of drug-likeness (QED) is 0.547. The third kappa shape index (κ3) is 4.81. The number of Topliss-reactive ketones (excluding diaryl/α,β-unsaturated/α-hetero) is 1. The normalized spacial score (nSPS) is 10.5. The first-order valence-electron chi connectivity index (χ1n) is 4.53. The van der Waals surface area contributed by atoms with Crippen LogP contribution in [0.5, 0.6) is 0 Å². The molecule has 1 aromatic heterocycles. The maximum absolute atomic E-state index is 10.9. The monoisotopic (exact) mass is 208 g/mol. The first kappa shape index (κ1) is 11.2. The van der Waals surface area contributed by atoms with Crippen LogP contribution in [0.25, 0.3) is 6.08 Å². The topological polar surface area (TPSA) is 56.5 Å². The van der Waals surface area contributed by atoms with Crippen LogP contribution in [-0.4, -0.2) is 18.4 Å². The van der Waals surface area contributed by atoms with Crippen LogP contribution in [0, 0.1) is 0 Å². The lowest BCUT2D eigenvalue weighted by Gasteiger charge is -1.97. The number of carbonyl (C=O) groups excluding carboxylic acids is 2. The van der Waals surface area contributed by atoms with Crippen LogP contribution in [0.3, 0.4) is 0 Å². The minimum Gasteiger partial charge on any atom is -0.465 e. The highest BCUT2D eigenvalue weighted by molar-refractivity contribution is 5.94. The van der Waals surface area contributed by atoms with Gasteiger partial charge in [-0.05, 0) is 31.2 Å². The van der Waals surface area contributed by atoms with Crippen molar-refractivity contribution in [1.29, 1.82) is 0 Å². The van der Waals surface area contributed by atoms with Crippen molar-refractivity contribution in [3.63, 3.8) is 0 Å². The van der Waals surface area contributed by atoms with Gasteiger partial charge in [-0.15, -0.1) is 0 Å². The van der Waals surface area contributed by atoms with Crippen LogP contribution in [-0.2, 0) is 14.3 Å². The zero-order valence-corrected chi connectivity index (χ0v) is 8.43. The molecule has 0 atom stereocenters. The third-order valence-corrected chi connectivity index (χ3v) is 1.56. The van der Waals surface area contributed by atoms with E-state index in [0.717, 1.165) is 0 Å². The van der Waals surface area contributed by atoms with Crippen molar-refractivity contribution in [3.05, 3.63) is 30.2 Å². The second kappa shape index (κ2) is 5.80. The summed E-state index contributed by atoms with van der Waals surface area (Å²) in [6, 6.07) is 3.55. The van der Waals surface area contributed by atoms with Gasteiger partial charge in [0, 0.05) is 0 Å². The summed E-state index contributed by atoms with van der Waals surface area (Å²) in [5.41, 5.74) is 0.